The fourth-order valence-corrected chi connectivity index (χ4v) is 2.17. The van der Waals surface area contributed by atoms with Crippen molar-refractivity contribution in [3.05, 3.63) is 16.5 Å². The second-order valence-corrected chi connectivity index (χ2v) is 5.96. The molecule has 1 heterocycles. The van der Waals surface area contributed by atoms with Crippen LogP contribution in [0.4, 0.5) is 5.82 Å². The second kappa shape index (κ2) is 4.90. The number of aromatic nitrogens is 2. The van der Waals surface area contributed by atoms with Crippen LogP contribution in [-0.2, 0) is 4.74 Å². The highest BCUT2D eigenvalue weighted by Crippen LogP contribution is 2.38. The van der Waals surface area contributed by atoms with Crippen molar-refractivity contribution in [1.29, 1.82) is 0 Å². The van der Waals surface area contributed by atoms with E-state index in [0.717, 1.165) is 16.2 Å². The minimum atomic E-state index is -0.136. The highest BCUT2D eigenvalue weighted by atomic mass is 79.9. The topological polar surface area (TPSA) is 47.0 Å². The average molecular weight is 300 g/mol. The Morgan fingerprint density at radius 1 is 1.47 bits per heavy atom. The average Bonchev–Trinajstić information content (AvgIpc) is 2.97. The van der Waals surface area contributed by atoms with E-state index in [2.05, 4.69) is 45.1 Å². The summed E-state index contributed by atoms with van der Waals surface area (Å²) in [5.74, 6) is 2.35. The monoisotopic (exact) mass is 299 g/mol. The van der Waals surface area contributed by atoms with E-state index in [0.29, 0.717) is 12.5 Å². The van der Waals surface area contributed by atoms with E-state index in [1.807, 2.05) is 6.07 Å². The van der Waals surface area contributed by atoms with E-state index < -0.39 is 0 Å². The van der Waals surface area contributed by atoms with Gasteiger partial charge in [0.1, 0.15) is 16.2 Å². The molecule has 5 heteroatoms. The van der Waals surface area contributed by atoms with Gasteiger partial charge in [0.25, 0.3) is 0 Å². The molecule has 94 valence electrons. The molecule has 17 heavy (non-hydrogen) atoms. The maximum absolute atomic E-state index is 5.18. The molecule has 0 saturated heterocycles. The minimum Gasteiger partial charge on any atom is -0.382 e. The van der Waals surface area contributed by atoms with Crippen molar-refractivity contribution in [2.24, 2.45) is 0 Å². The van der Waals surface area contributed by atoms with E-state index in [4.69, 9.17) is 4.74 Å². The Kier molecular flexibility index (Phi) is 3.68. The predicted molar refractivity (Wildman–Crippen MR) is 71.3 cm³/mol. The van der Waals surface area contributed by atoms with Gasteiger partial charge in [0.05, 0.1) is 12.1 Å². The molecule has 1 N–H and O–H groups in total. The molecule has 1 aliphatic carbocycles. The van der Waals surface area contributed by atoms with Crippen LogP contribution in [0.3, 0.4) is 0 Å². The molecule has 0 radical (unpaired) electrons. The number of hydrogen-bond acceptors (Lipinski definition) is 4. The van der Waals surface area contributed by atoms with Crippen LogP contribution in [0.5, 0.6) is 0 Å². The van der Waals surface area contributed by atoms with E-state index in [1.165, 1.54) is 12.8 Å². The lowest BCUT2D eigenvalue weighted by molar-refractivity contribution is 0.158. The van der Waals surface area contributed by atoms with E-state index in [-0.39, 0.29) is 5.54 Å². The molecule has 1 aromatic rings. The molecule has 2 rings (SSSR count). The first-order chi connectivity index (χ1) is 8.00. The van der Waals surface area contributed by atoms with Gasteiger partial charge in [-0.2, -0.15) is 0 Å². The van der Waals surface area contributed by atoms with Crippen molar-refractivity contribution in [3.8, 4) is 0 Å². The zero-order chi connectivity index (χ0) is 12.5. The summed E-state index contributed by atoms with van der Waals surface area (Å²) < 4.78 is 6.02. The summed E-state index contributed by atoms with van der Waals surface area (Å²) in [7, 11) is 1.70. The van der Waals surface area contributed by atoms with Crippen molar-refractivity contribution >= 4 is 21.7 Å². The molecular weight excluding hydrogens is 282 g/mol. The van der Waals surface area contributed by atoms with Crippen molar-refractivity contribution in [2.75, 3.05) is 19.0 Å². The van der Waals surface area contributed by atoms with Crippen LogP contribution in [0.15, 0.2) is 10.7 Å². The number of nitrogens with zero attached hydrogens (tertiary/aromatic N) is 2. The Bertz CT molecular complexity index is 405. The van der Waals surface area contributed by atoms with Gasteiger partial charge < -0.3 is 10.1 Å². The number of nitrogens with one attached hydrogen (secondary N) is 1. The number of anilines is 1. The Hall–Kier alpha value is -0.680. The second-order valence-electron chi connectivity index (χ2n) is 5.15. The zero-order valence-corrected chi connectivity index (χ0v) is 12.0. The molecule has 1 saturated carbocycles. The fourth-order valence-electron chi connectivity index (χ4n) is 1.77. The molecule has 0 unspecified atom stereocenters. The van der Waals surface area contributed by atoms with Gasteiger partial charge in [-0.3, -0.25) is 0 Å². The van der Waals surface area contributed by atoms with Crippen LogP contribution >= 0.6 is 15.9 Å². The van der Waals surface area contributed by atoms with Crippen LogP contribution in [0.25, 0.3) is 0 Å². The quantitative estimate of drug-likeness (QED) is 0.849. The van der Waals surface area contributed by atoms with Crippen LogP contribution in [0, 0.1) is 0 Å². The first-order valence-corrected chi connectivity index (χ1v) is 6.61. The molecule has 0 amide bonds. The number of ether oxygens (including phenoxy) is 1. The normalized spacial score (nSPS) is 16.0. The first kappa shape index (κ1) is 12.8. The SMILES string of the molecule is COCC(C)(C)Nc1cc(Br)nc(C2CC2)n1. The summed E-state index contributed by atoms with van der Waals surface area (Å²) >= 11 is 3.43. The largest absolute Gasteiger partial charge is 0.382 e. The summed E-state index contributed by atoms with van der Waals surface area (Å²) in [6.07, 6.45) is 2.41. The standard InChI is InChI=1S/C12H18BrN3O/c1-12(2,7-17-3)16-10-6-9(13)14-11(15-10)8-4-5-8/h6,8H,4-5,7H2,1-3H3,(H,14,15,16). The Morgan fingerprint density at radius 2 is 2.18 bits per heavy atom. The first-order valence-electron chi connectivity index (χ1n) is 5.82. The maximum Gasteiger partial charge on any atom is 0.135 e. The molecule has 0 aliphatic heterocycles. The molecule has 4 nitrogen and oxygen atoms in total. The Balaban J connectivity index is 2.14. The lowest BCUT2D eigenvalue weighted by Crippen LogP contribution is -2.36. The van der Waals surface area contributed by atoms with Gasteiger partial charge in [0.15, 0.2) is 0 Å². The van der Waals surface area contributed by atoms with Crippen LogP contribution in [-0.4, -0.2) is 29.2 Å². The van der Waals surface area contributed by atoms with E-state index in [9.17, 15) is 0 Å². The molecule has 1 fully saturated rings. The van der Waals surface area contributed by atoms with Crippen molar-refractivity contribution < 1.29 is 4.74 Å². The van der Waals surface area contributed by atoms with Crippen LogP contribution in [0.2, 0.25) is 0 Å². The van der Waals surface area contributed by atoms with Gasteiger partial charge in [0, 0.05) is 19.1 Å². The number of rotatable bonds is 5. The highest BCUT2D eigenvalue weighted by molar-refractivity contribution is 9.10. The zero-order valence-electron chi connectivity index (χ0n) is 10.5. The van der Waals surface area contributed by atoms with Crippen molar-refractivity contribution in [3.63, 3.8) is 0 Å². The highest BCUT2D eigenvalue weighted by Gasteiger charge is 2.28. The maximum atomic E-state index is 5.18. The molecule has 1 aliphatic rings. The summed E-state index contributed by atoms with van der Waals surface area (Å²) in [4.78, 5) is 8.96. The molecule has 0 spiro atoms. The summed E-state index contributed by atoms with van der Waals surface area (Å²) in [5, 5.41) is 3.38. The van der Waals surface area contributed by atoms with Gasteiger partial charge in [-0.05, 0) is 42.6 Å². The molecular formula is C12H18BrN3O. The fraction of sp³-hybridized carbons (Fsp3) is 0.667. The number of methoxy groups -OCH3 is 1. The molecule has 1 aromatic heterocycles. The third kappa shape index (κ3) is 3.64. The number of halogens is 1. The van der Waals surface area contributed by atoms with E-state index in [1.54, 1.807) is 7.11 Å². The predicted octanol–water partition coefficient (Wildman–Crippen LogP) is 2.95. The lowest BCUT2D eigenvalue weighted by Gasteiger charge is -2.26. The van der Waals surface area contributed by atoms with Gasteiger partial charge in [-0.15, -0.1) is 0 Å². The van der Waals surface area contributed by atoms with Gasteiger partial charge in [-0.25, -0.2) is 9.97 Å². The van der Waals surface area contributed by atoms with Crippen molar-refractivity contribution in [2.45, 2.75) is 38.1 Å². The van der Waals surface area contributed by atoms with E-state index >= 15 is 0 Å². The third-order valence-corrected chi connectivity index (χ3v) is 3.03. The summed E-state index contributed by atoms with van der Waals surface area (Å²) in [6.45, 7) is 4.81. The Labute approximate surface area is 110 Å². The smallest absolute Gasteiger partial charge is 0.135 e. The summed E-state index contributed by atoms with van der Waals surface area (Å²) in [5.41, 5.74) is -0.136. The lowest BCUT2D eigenvalue weighted by atomic mass is 10.1. The van der Waals surface area contributed by atoms with Crippen molar-refractivity contribution in [1.82, 2.24) is 9.97 Å². The van der Waals surface area contributed by atoms with Crippen LogP contribution in [0.1, 0.15) is 38.4 Å². The number of hydrogen-bond donors (Lipinski definition) is 1. The Morgan fingerprint density at radius 3 is 2.76 bits per heavy atom. The van der Waals surface area contributed by atoms with Gasteiger partial charge >= 0.3 is 0 Å². The van der Waals surface area contributed by atoms with Gasteiger partial charge in [0.2, 0.25) is 0 Å². The summed E-state index contributed by atoms with van der Waals surface area (Å²) in [6, 6.07) is 1.91. The minimum absolute atomic E-state index is 0.136. The molecule has 0 bridgehead atoms. The van der Waals surface area contributed by atoms with Gasteiger partial charge in [-0.1, -0.05) is 0 Å². The molecule has 0 atom stereocenters. The third-order valence-electron chi connectivity index (χ3n) is 2.63. The van der Waals surface area contributed by atoms with Crippen LogP contribution < -0.4 is 5.32 Å². The molecule has 0 aromatic carbocycles.